The Balaban J connectivity index is 2.90. The second-order valence-corrected chi connectivity index (χ2v) is 4.53. The van der Waals surface area contributed by atoms with E-state index in [1.807, 2.05) is 22.6 Å². The summed E-state index contributed by atoms with van der Waals surface area (Å²) in [5.41, 5.74) is 0.659. The predicted octanol–water partition coefficient (Wildman–Crippen LogP) is 2.05. The van der Waals surface area contributed by atoms with Crippen LogP contribution in [0.5, 0.6) is 11.5 Å². The molecule has 1 N–H and O–H groups in total. The number of rotatable bonds is 6. The summed E-state index contributed by atoms with van der Waals surface area (Å²) in [5, 5.41) is 11.5. The zero-order chi connectivity index (χ0) is 14.3. The monoisotopic (exact) mass is 379 g/mol. The second-order valence-electron chi connectivity index (χ2n) is 3.37. The molecule has 0 atom stereocenters. The Morgan fingerprint density at radius 2 is 2.26 bits per heavy atom. The smallest absolute Gasteiger partial charge is 0.344 e. The third-order valence-corrected chi connectivity index (χ3v) is 2.90. The Morgan fingerprint density at radius 3 is 2.84 bits per heavy atom. The van der Waals surface area contributed by atoms with E-state index in [4.69, 9.17) is 19.4 Å². The van der Waals surface area contributed by atoms with E-state index in [9.17, 15) is 4.79 Å². The van der Waals surface area contributed by atoms with Crippen molar-refractivity contribution in [3.8, 4) is 11.5 Å². The Hall–Kier alpha value is -1.51. The molecule has 7 heteroatoms. The second kappa shape index (κ2) is 7.82. The van der Waals surface area contributed by atoms with Crippen molar-refractivity contribution in [2.75, 3.05) is 20.3 Å². The van der Waals surface area contributed by atoms with Gasteiger partial charge in [0.05, 0.1) is 23.5 Å². The SMILES string of the molecule is CCOC(=O)COc1c(I)cc(/C=N/O)cc1OC. The van der Waals surface area contributed by atoms with Crippen LogP contribution in [0.15, 0.2) is 17.3 Å². The number of oxime groups is 1. The van der Waals surface area contributed by atoms with Crippen molar-refractivity contribution in [3.05, 3.63) is 21.3 Å². The lowest BCUT2D eigenvalue weighted by Crippen LogP contribution is -2.15. The van der Waals surface area contributed by atoms with Gasteiger partial charge in [-0.1, -0.05) is 5.16 Å². The largest absolute Gasteiger partial charge is 0.493 e. The molecule has 0 spiro atoms. The molecule has 0 radical (unpaired) electrons. The molecule has 0 fully saturated rings. The number of methoxy groups -OCH3 is 1. The maximum absolute atomic E-state index is 11.3. The Kier molecular flexibility index (Phi) is 6.40. The number of carbonyl (C=O) groups is 1. The molecule has 0 aromatic heterocycles. The Morgan fingerprint density at radius 1 is 1.53 bits per heavy atom. The minimum atomic E-state index is -0.443. The molecule has 0 aliphatic heterocycles. The molecule has 19 heavy (non-hydrogen) atoms. The van der Waals surface area contributed by atoms with Crippen LogP contribution in [0, 0.1) is 3.57 Å². The summed E-state index contributed by atoms with van der Waals surface area (Å²) in [5.74, 6) is 0.457. The zero-order valence-corrected chi connectivity index (χ0v) is 12.7. The molecule has 0 unspecified atom stereocenters. The minimum absolute atomic E-state index is 0.187. The lowest BCUT2D eigenvalue weighted by molar-refractivity contribution is -0.145. The number of hydrogen-bond acceptors (Lipinski definition) is 6. The summed E-state index contributed by atoms with van der Waals surface area (Å²) in [7, 11) is 1.49. The molecule has 0 heterocycles. The van der Waals surface area contributed by atoms with Gasteiger partial charge in [0.2, 0.25) is 0 Å². The van der Waals surface area contributed by atoms with Crippen LogP contribution in [0.2, 0.25) is 0 Å². The molecule has 6 nitrogen and oxygen atoms in total. The van der Waals surface area contributed by atoms with Crippen LogP contribution in [-0.4, -0.2) is 37.7 Å². The molecular formula is C12H14INO5. The molecule has 0 aliphatic carbocycles. The standard InChI is InChI=1S/C12H14INO5/c1-3-18-11(15)7-19-12-9(13)4-8(6-14-16)5-10(12)17-2/h4-6,16H,3,7H2,1-2H3/b14-6+. The Labute approximate surface area is 124 Å². The average Bonchev–Trinajstić information content (AvgIpc) is 2.37. The van der Waals surface area contributed by atoms with Crippen molar-refractivity contribution in [1.29, 1.82) is 0 Å². The fraction of sp³-hybridized carbons (Fsp3) is 0.333. The maximum Gasteiger partial charge on any atom is 0.344 e. The fourth-order valence-corrected chi connectivity index (χ4v) is 2.14. The van der Waals surface area contributed by atoms with Crippen LogP contribution in [-0.2, 0) is 9.53 Å². The first-order chi connectivity index (χ1) is 9.12. The van der Waals surface area contributed by atoms with E-state index >= 15 is 0 Å². The highest BCUT2D eigenvalue weighted by atomic mass is 127. The maximum atomic E-state index is 11.3. The van der Waals surface area contributed by atoms with Gasteiger partial charge in [0.25, 0.3) is 0 Å². The van der Waals surface area contributed by atoms with Gasteiger partial charge >= 0.3 is 5.97 Å². The van der Waals surface area contributed by atoms with E-state index in [2.05, 4.69) is 5.16 Å². The third-order valence-electron chi connectivity index (χ3n) is 2.10. The summed E-state index contributed by atoms with van der Waals surface area (Å²) >= 11 is 2.04. The van der Waals surface area contributed by atoms with Crippen molar-refractivity contribution < 1.29 is 24.2 Å². The number of hydrogen-bond donors (Lipinski definition) is 1. The van der Waals surface area contributed by atoms with Crippen LogP contribution in [0.25, 0.3) is 0 Å². The molecule has 1 aromatic rings. The number of benzene rings is 1. The number of nitrogens with zero attached hydrogens (tertiary/aromatic N) is 1. The number of carbonyl (C=O) groups excluding carboxylic acids is 1. The first-order valence-electron chi connectivity index (χ1n) is 5.45. The fourth-order valence-electron chi connectivity index (χ4n) is 1.35. The lowest BCUT2D eigenvalue weighted by atomic mass is 10.2. The van der Waals surface area contributed by atoms with Gasteiger partial charge < -0.3 is 19.4 Å². The van der Waals surface area contributed by atoms with Gasteiger partial charge in [-0.25, -0.2) is 4.79 Å². The van der Waals surface area contributed by atoms with Crippen molar-refractivity contribution in [2.45, 2.75) is 6.92 Å². The highest BCUT2D eigenvalue weighted by molar-refractivity contribution is 14.1. The minimum Gasteiger partial charge on any atom is -0.493 e. The van der Waals surface area contributed by atoms with Crippen LogP contribution in [0.3, 0.4) is 0 Å². The van der Waals surface area contributed by atoms with Crippen LogP contribution >= 0.6 is 22.6 Å². The van der Waals surface area contributed by atoms with Crippen LogP contribution in [0.1, 0.15) is 12.5 Å². The van der Waals surface area contributed by atoms with E-state index in [1.54, 1.807) is 19.1 Å². The predicted molar refractivity (Wildman–Crippen MR) is 77.2 cm³/mol. The molecule has 0 aliphatic rings. The van der Waals surface area contributed by atoms with Crippen molar-refractivity contribution >= 4 is 34.8 Å². The van der Waals surface area contributed by atoms with Crippen molar-refractivity contribution in [2.24, 2.45) is 5.16 Å². The summed E-state index contributed by atoms with van der Waals surface area (Å²) < 4.78 is 16.1. The van der Waals surface area contributed by atoms with Gasteiger partial charge in [0.1, 0.15) is 0 Å². The van der Waals surface area contributed by atoms with E-state index in [1.165, 1.54) is 13.3 Å². The molecular weight excluding hydrogens is 365 g/mol. The summed E-state index contributed by atoms with van der Waals surface area (Å²) in [6, 6.07) is 3.38. The normalized spacial score (nSPS) is 10.5. The van der Waals surface area contributed by atoms with Gasteiger partial charge in [-0.05, 0) is 41.6 Å². The summed E-state index contributed by atoms with van der Waals surface area (Å²) in [6.45, 7) is 1.85. The quantitative estimate of drug-likeness (QED) is 0.269. The van der Waals surface area contributed by atoms with Crippen molar-refractivity contribution in [3.63, 3.8) is 0 Å². The third kappa shape index (κ3) is 4.58. The van der Waals surface area contributed by atoms with Gasteiger partial charge in [0, 0.05) is 5.56 Å². The molecule has 1 rings (SSSR count). The number of ether oxygens (including phenoxy) is 3. The van der Waals surface area contributed by atoms with E-state index < -0.39 is 5.97 Å². The molecule has 1 aromatic carbocycles. The lowest BCUT2D eigenvalue weighted by Gasteiger charge is -2.12. The topological polar surface area (TPSA) is 77.4 Å². The van der Waals surface area contributed by atoms with Gasteiger partial charge in [0.15, 0.2) is 18.1 Å². The van der Waals surface area contributed by atoms with Crippen LogP contribution in [0.4, 0.5) is 0 Å². The van der Waals surface area contributed by atoms with Crippen molar-refractivity contribution in [1.82, 2.24) is 0 Å². The first kappa shape index (κ1) is 15.5. The highest BCUT2D eigenvalue weighted by Crippen LogP contribution is 2.33. The van der Waals surface area contributed by atoms with E-state index in [0.717, 1.165) is 3.57 Å². The van der Waals surface area contributed by atoms with Gasteiger partial charge in [-0.2, -0.15) is 0 Å². The van der Waals surface area contributed by atoms with Gasteiger partial charge in [-0.3, -0.25) is 0 Å². The number of esters is 1. The summed E-state index contributed by atoms with van der Waals surface area (Å²) in [4.78, 5) is 11.3. The Bertz CT molecular complexity index is 475. The molecule has 104 valence electrons. The molecule has 0 saturated heterocycles. The highest BCUT2D eigenvalue weighted by Gasteiger charge is 2.13. The average molecular weight is 379 g/mol. The molecule has 0 amide bonds. The molecule has 0 bridgehead atoms. The zero-order valence-electron chi connectivity index (χ0n) is 10.6. The summed E-state index contributed by atoms with van der Waals surface area (Å²) in [6.07, 6.45) is 1.28. The number of halogens is 1. The van der Waals surface area contributed by atoms with Gasteiger partial charge in [-0.15, -0.1) is 0 Å². The van der Waals surface area contributed by atoms with Crippen LogP contribution < -0.4 is 9.47 Å². The van der Waals surface area contributed by atoms with E-state index in [0.29, 0.717) is 23.7 Å². The first-order valence-corrected chi connectivity index (χ1v) is 6.53. The van der Waals surface area contributed by atoms with E-state index in [-0.39, 0.29) is 6.61 Å². The molecule has 0 saturated carbocycles.